The lowest BCUT2D eigenvalue weighted by atomic mass is 9.82. The number of aryl methyl sites for hydroxylation is 1. The monoisotopic (exact) mass is 327 g/mol. The maximum absolute atomic E-state index is 4.64. The molecular weight excluding hydrogens is 298 g/mol. The van der Waals surface area contributed by atoms with E-state index in [1.54, 1.807) is 6.33 Å². The van der Waals surface area contributed by atoms with Gasteiger partial charge in [0.2, 0.25) is 0 Å². The van der Waals surface area contributed by atoms with Crippen LogP contribution in [-0.4, -0.2) is 25.8 Å². The first-order valence-corrected chi connectivity index (χ1v) is 8.99. The van der Waals surface area contributed by atoms with Crippen LogP contribution in [0.4, 0.5) is 0 Å². The smallest absolute Gasteiger partial charge is 0.141 e. The highest BCUT2D eigenvalue weighted by molar-refractivity contribution is 5.22. The molecule has 0 amide bonds. The molecule has 1 N–H and O–H groups in total. The molecule has 2 heterocycles. The van der Waals surface area contributed by atoms with Crippen molar-refractivity contribution in [1.29, 1.82) is 0 Å². The van der Waals surface area contributed by atoms with Crippen LogP contribution in [0.5, 0.6) is 0 Å². The predicted molar refractivity (Wildman–Crippen MR) is 95.8 cm³/mol. The van der Waals surface area contributed by atoms with E-state index in [0.29, 0.717) is 12.0 Å². The molecule has 2 aromatic rings. The summed E-state index contributed by atoms with van der Waals surface area (Å²) in [7, 11) is 0. The summed E-state index contributed by atoms with van der Waals surface area (Å²) in [5.41, 5.74) is 2.56. The lowest BCUT2D eigenvalue weighted by Gasteiger charge is -2.30. The van der Waals surface area contributed by atoms with E-state index in [1.165, 1.54) is 30.5 Å². The Kier molecular flexibility index (Phi) is 4.99. The van der Waals surface area contributed by atoms with E-state index < -0.39 is 0 Å². The molecule has 1 aliphatic rings. The Morgan fingerprint density at radius 1 is 1.25 bits per heavy atom. The van der Waals surface area contributed by atoms with Crippen LogP contribution in [0.15, 0.2) is 24.7 Å². The first-order valence-electron chi connectivity index (χ1n) is 8.99. The van der Waals surface area contributed by atoms with Gasteiger partial charge < -0.3 is 5.32 Å². The van der Waals surface area contributed by atoms with E-state index in [2.05, 4.69) is 54.1 Å². The van der Waals surface area contributed by atoms with E-state index in [0.717, 1.165) is 18.8 Å². The molecule has 0 radical (unpaired) electrons. The quantitative estimate of drug-likeness (QED) is 0.933. The van der Waals surface area contributed by atoms with Gasteiger partial charge in [0.05, 0.1) is 12.1 Å². The van der Waals surface area contributed by atoms with Gasteiger partial charge in [0.1, 0.15) is 12.2 Å². The number of aromatic nitrogens is 4. The van der Waals surface area contributed by atoms with Crippen LogP contribution in [0, 0.1) is 6.92 Å². The standard InChI is InChI=1S/C19H29N5/c1-14-7-6-10-20-18(14)15-8-5-9-16(11-15)21-12-17-22-13-23-24(17)19(2,3)4/h6-7,10,13,15-16,21H,5,8-9,11-12H2,1-4H3/t15-,16-/m0/s1. The lowest BCUT2D eigenvalue weighted by Crippen LogP contribution is -2.35. The molecule has 2 aromatic heterocycles. The van der Waals surface area contributed by atoms with Gasteiger partial charge in [0, 0.05) is 23.9 Å². The zero-order chi connectivity index (χ0) is 17.2. The average Bonchev–Trinajstić information content (AvgIpc) is 3.02. The number of rotatable bonds is 4. The van der Waals surface area contributed by atoms with Gasteiger partial charge >= 0.3 is 0 Å². The second kappa shape index (κ2) is 7.01. The summed E-state index contributed by atoms with van der Waals surface area (Å²) in [6.45, 7) is 9.42. The summed E-state index contributed by atoms with van der Waals surface area (Å²) in [6.07, 6.45) is 8.46. The fourth-order valence-corrected chi connectivity index (χ4v) is 3.73. The first-order chi connectivity index (χ1) is 11.4. The highest BCUT2D eigenvalue weighted by atomic mass is 15.4. The SMILES string of the molecule is Cc1cccnc1[C@H]1CCC[C@H](NCc2ncnn2C(C)(C)C)C1. The Hall–Kier alpha value is -1.75. The zero-order valence-electron chi connectivity index (χ0n) is 15.3. The minimum absolute atomic E-state index is 0.0340. The van der Waals surface area contributed by atoms with Gasteiger partial charge in [-0.1, -0.05) is 12.5 Å². The number of pyridine rings is 1. The van der Waals surface area contributed by atoms with Crippen LogP contribution in [-0.2, 0) is 12.1 Å². The molecule has 3 rings (SSSR count). The summed E-state index contributed by atoms with van der Waals surface area (Å²) in [5.74, 6) is 1.58. The second-order valence-electron chi connectivity index (χ2n) is 7.91. The van der Waals surface area contributed by atoms with Crippen molar-refractivity contribution in [2.24, 2.45) is 0 Å². The molecule has 1 saturated carbocycles. The fraction of sp³-hybridized carbons (Fsp3) is 0.632. The van der Waals surface area contributed by atoms with Crippen molar-refractivity contribution >= 4 is 0 Å². The molecule has 5 nitrogen and oxygen atoms in total. The van der Waals surface area contributed by atoms with Crippen molar-refractivity contribution in [2.45, 2.75) is 77.4 Å². The van der Waals surface area contributed by atoms with Crippen LogP contribution in [0.2, 0.25) is 0 Å². The van der Waals surface area contributed by atoms with Crippen molar-refractivity contribution in [3.8, 4) is 0 Å². The summed E-state index contributed by atoms with van der Waals surface area (Å²) in [5, 5.41) is 8.09. The van der Waals surface area contributed by atoms with Gasteiger partial charge in [0.25, 0.3) is 0 Å². The molecule has 130 valence electrons. The molecule has 0 spiro atoms. The first kappa shape index (κ1) is 17.1. The van der Waals surface area contributed by atoms with Crippen molar-refractivity contribution < 1.29 is 0 Å². The summed E-state index contributed by atoms with van der Waals surface area (Å²) in [4.78, 5) is 9.07. The van der Waals surface area contributed by atoms with Gasteiger partial charge in [-0.25, -0.2) is 9.67 Å². The molecule has 0 unspecified atom stereocenters. The number of hydrogen-bond acceptors (Lipinski definition) is 4. The average molecular weight is 327 g/mol. The van der Waals surface area contributed by atoms with Crippen LogP contribution in [0.3, 0.4) is 0 Å². The van der Waals surface area contributed by atoms with Gasteiger partial charge in [-0.3, -0.25) is 4.98 Å². The third-order valence-electron chi connectivity index (χ3n) is 4.91. The van der Waals surface area contributed by atoms with E-state index in [9.17, 15) is 0 Å². The number of nitrogens with zero attached hydrogens (tertiary/aromatic N) is 4. The molecule has 2 atom stereocenters. The van der Waals surface area contributed by atoms with E-state index >= 15 is 0 Å². The normalized spacial score (nSPS) is 21.8. The van der Waals surface area contributed by atoms with Gasteiger partial charge in [-0.05, 0) is 58.6 Å². The Balaban J connectivity index is 1.63. The van der Waals surface area contributed by atoms with E-state index in [4.69, 9.17) is 0 Å². The van der Waals surface area contributed by atoms with Crippen molar-refractivity contribution in [1.82, 2.24) is 25.1 Å². The molecule has 0 bridgehead atoms. The Labute approximate surface area is 144 Å². The molecule has 1 aliphatic carbocycles. The van der Waals surface area contributed by atoms with E-state index in [1.807, 2.05) is 16.9 Å². The maximum Gasteiger partial charge on any atom is 0.141 e. The zero-order valence-corrected chi connectivity index (χ0v) is 15.3. The fourth-order valence-electron chi connectivity index (χ4n) is 3.73. The Bertz CT molecular complexity index is 670. The molecule has 0 saturated heterocycles. The minimum Gasteiger partial charge on any atom is -0.307 e. The third-order valence-corrected chi connectivity index (χ3v) is 4.91. The van der Waals surface area contributed by atoms with Crippen LogP contribution in [0.25, 0.3) is 0 Å². The molecule has 0 aromatic carbocycles. The van der Waals surface area contributed by atoms with Crippen molar-refractivity contribution in [3.63, 3.8) is 0 Å². The van der Waals surface area contributed by atoms with Gasteiger partial charge in [-0.2, -0.15) is 5.10 Å². The molecule has 0 aliphatic heterocycles. The minimum atomic E-state index is -0.0340. The van der Waals surface area contributed by atoms with Crippen molar-refractivity contribution in [3.05, 3.63) is 41.7 Å². The molecular formula is C19H29N5. The van der Waals surface area contributed by atoms with Crippen molar-refractivity contribution in [2.75, 3.05) is 0 Å². The highest BCUT2D eigenvalue weighted by Gasteiger charge is 2.26. The van der Waals surface area contributed by atoms with Crippen LogP contribution >= 0.6 is 0 Å². The van der Waals surface area contributed by atoms with Gasteiger partial charge in [0.15, 0.2) is 0 Å². The van der Waals surface area contributed by atoms with E-state index in [-0.39, 0.29) is 5.54 Å². The summed E-state index contributed by atoms with van der Waals surface area (Å²) < 4.78 is 2.02. The lowest BCUT2D eigenvalue weighted by molar-refractivity contribution is 0.310. The van der Waals surface area contributed by atoms with Crippen LogP contribution < -0.4 is 5.32 Å². The molecule has 24 heavy (non-hydrogen) atoms. The maximum atomic E-state index is 4.64. The highest BCUT2D eigenvalue weighted by Crippen LogP contribution is 2.33. The summed E-state index contributed by atoms with van der Waals surface area (Å²) >= 11 is 0. The topological polar surface area (TPSA) is 55.6 Å². The largest absolute Gasteiger partial charge is 0.307 e. The number of hydrogen-bond donors (Lipinski definition) is 1. The summed E-state index contributed by atoms with van der Waals surface area (Å²) in [6, 6.07) is 4.72. The second-order valence-corrected chi connectivity index (χ2v) is 7.91. The number of nitrogens with one attached hydrogen (secondary N) is 1. The third kappa shape index (κ3) is 3.83. The Morgan fingerprint density at radius 3 is 2.83 bits per heavy atom. The molecule has 5 heteroatoms. The van der Waals surface area contributed by atoms with Crippen LogP contribution in [0.1, 0.15) is 69.5 Å². The molecule has 1 fully saturated rings. The Morgan fingerprint density at radius 2 is 2.08 bits per heavy atom. The van der Waals surface area contributed by atoms with Gasteiger partial charge in [-0.15, -0.1) is 0 Å². The predicted octanol–water partition coefficient (Wildman–Crippen LogP) is 3.55.